The number of nitrogens with one attached hydrogen (secondary N) is 2. The van der Waals surface area contributed by atoms with Crippen LogP contribution in [0.25, 0.3) is 0 Å². The molecule has 0 aliphatic carbocycles. The topological polar surface area (TPSA) is 88.4 Å². The number of furan rings is 1. The molecule has 1 aromatic heterocycles. The van der Waals surface area contributed by atoms with Crippen LogP contribution in [-0.2, 0) is 10.0 Å². The molecule has 0 atom stereocenters. The van der Waals surface area contributed by atoms with E-state index >= 15 is 0 Å². The van der Waals surface area contributed by atoms with Gasteiger partial charge in [0.2, 0.25) is 10.0 Å². The summed E-state index contributed by atoms with van der Waals surface area (Å²) in [6.07, 6.45) is -4.65. The van der Waals surface area contributed by atoms with Gasteiger partial charge in [-0.2, -0.15) is 13.2 Å². The average molecular weight is 427 g/mol. The van der Waals surface area contributed by atoms with Crippen LogP contribution in [0.5, 0.6) is 0 Å². The lowest BCUT2D eigenvalue weighted by Gasteiger charge is -2.10. The molecule has 130 valence electrons. The van der Waals surface area contributed by atoms with E-state index in [-0.39, 0.29) is 16.3 Å². The number of hydrogen-bond donors (Lipinski definition) is 2. The van der Waals surface area contributed by atoms with Gasteiger partial charge in [0.1, 0.15) is 6.54 Å². The van der Waals surface area contributed by atoms with E-state index in [1.807, 2.05) is 0 Å². The fourth-order valence-electron chi connectivity index (χ4n) is 1.61. The lowest BCUT2D eigenvalue weighted by Crippen LogP contribution is -2.33. The largest absolute Gasteiger partial charge is 0.444 e. The number of amides is 1. The normalized spacial score (nSPS) is 12.2. The lowest BCUT2D eigenvalue weighted by atomic mass is 10.3. The molecule has 0 aliphatic heterocycles. The molecule has 1 amide bonds. The van der Waals surface area contributed by atoms with Crippen LogP contribution >= 0.6 is 15.9 Å². The molecule has 0 unspecified atom stereocenters. The molecule has 2 aromatic rings. The molecule has 1 aromatic carbocycles. The van der Waals surface area contributed by atoms with Crippen LogP contribution in [0.15, 0.2) is 50.4 Å². The number of carbonyl (C=O) groups excluding carboxylic acids is 1. The third-order valence-electron chi connectivity index (χ3n) is 2.68. The molecule has 0 fully saturated rings. The third-order valence-corrected chi connectivity index (χ3v) is 4.53. The third kappa shape index (κ3) is 5.08. The summed E-state index contributed by atoms with van der Waals surface area (Å²) in [5.41, 5.74) is 0.252. The number of alkyl halides is 3. The summed E-state index contributed by atoms with van der Waals surface area (Å²) in [6, 6.07) is 7.60. The minimum absolute atomic E-state index is 0.0328. The summed E-state index contributed by atoms with van der Waals surface area (Å²) in [4.78, 5) is 11.5. The Morgan fingerprint density at radius 1 is 1.12 bits per heavy atom. The van der Waals surface area contributed by atoms with E-state index in [2.05, 4.69) is 21.2 Å². The standard InChI is InChI=1S/C13H10BrF3N2O4S/c14-11-6-5-10(23-11)12(20)19-8-1-3-9(4-2-8)24(21,22)18-7-13(15,16)17/h1-6,18H,7H2,(H,19,20). The Morgan fingerprint density at radius 3 is 2.25 bits per heavy atom. The van der Waals surface area contributed by atoms with Gasteiger partial charge in [-0.25, -0.2) is 13.1 Å². The summed E-state index contributed by atoms with van der Waals surface area (Å²) in [5.74, 6) is -0.531. The van der Waals surface area contributed by atoms with Crippen molar-refractivity contribution in [3.8, 4) is 0 Å². The summed E-state index contributed by atoms with van der Waals surface area (Å²) in [7, 11) is -4.29. The maximum Gasteiger partial charge on any atom is 0.402 e. The highest BCUT2D eigenvalue weighted by atomic mass is 79.9. The van der Waals surface area contributed by atoms with Crippen LogP contribution in [0.2, 0.25) is 0 Å². The van der Waals surface area contributed by atoms with E-state index < -0.39 is 28.7 Å². The number of benzene rings is 1. The number of anilines is 1. The van der Waals surface area contributed by atoms with Crippen molar-refractivity contribution < 1.29 is 30.8 Å². The Labute approximate surface area is 143 Å². The van der Waals surface area contributed by atoms with E-state index in [4.69, 9.17) is 4.42 Å². The molecule has 2 N–H and O–H groups in total. The first-order chi connectivity index (χ1) is 11.1. The maximum absolute atomic E-state index is 12.1. The minimum Gasteiger partial charge on any atom is -0.444 e. The Balaban J connectivity index is 2.06. The van der Waals surface area contributed by atoms with Crippen molar-refractivity contribution in [3.05, 3.63) is 46.8 Å². The van der Waals surface area contributed by atoms with E-state index in [0.717, 1.165) is 12.1 Å². The summed E-state index contributed by atoms with van der Waals surface area (Å²) in [5, 5.41) is 2.46. The molecule has 2 rings (SSSR count). The number of sulfonamides is 1. The van der Waals surface area contributed by atoms with Gasteiger partial charge in [-0.1, -0.05) is 0 Å². The van der Waals surface area contributed by atoms with Crippen LogP contribution in [0, 0.1) is 0 Å². The van der Waals surface area contributed by atoms with Crippen molar-refractivity contribution in [2.24, 2.45) is 0 Å². The van der Waals surface area contributed by atoms with Crippen molar-refractivity contribution in [1.29, 1.82) is 0 Å². The van der Waals surface area contributed by atoms with Gasteiger partial charge in [-0.3, -0.25) is 4.79 Å². The molecule has 0 radical (unpaired) electrons. The van der Waals surface area contributed by atoms with Gasteiger partial charge in [-0.15, -0.1) is 0 Å². The fraction of sp³-hybridized carbons (Fsp3) is 0.154. The predicted octanol–water partition coefficient (Wildman–Crippen LogP) is 3.14. The van der Waals surface area contributed by atoms with E-state index in [9.17, 15) is 26.4 Å². The van der Waals surface area contributed by atoms with Crippen molar-refractivity contribution in [3.63, 3.8) is 0 Å². The van der Waals surface area contributed by atoms with Crippen LogP contribution in [0.3, 0.4) is 0 Å². The van der Waals surface area contributed by atoms with Crippen LogP contribution in [0.4, 0.5) is 18.9 Å². The second-order valence-corrected chi connectivity index (χ2v) is 7.07. The van der Waals surface area contributed by atoms with Crippen molar-refractivity contribution >= 4 is 37.5 Å². The minimum atomic E-state index is -4.65. The van der Waals surface area contributed by atoms with Crippen molar-refractivity contribution in [1.82, 2.24) is 4.72 Å². The van der Waals surface area contributed by atoms with Gasteiger partial charge in [0.25, 0.3) is 5.91 Å². The monoisotopic (exact) mass is 426 g/mol. The second-order valence-electron chi connectivity index (χ2n) is 4.52. The van der Waals surface area contributed by atoms with Gasteiger partial charge in [0.15, 0.2) is 10.4 Å². The molecule has 0 spiro atoms. The molecule has 11 heteroatoms. The van der Waals surface area contributed by atoms with Crippen LogP contribution < -0.4 is 10.0 Å². The number of carbonyl (C=O) groups is 1. The summed E-state index contributed by atoms with van der Waals surface area (Å²) >= 11 is 3.05. The molecule has 0 saturated carbocycles. The summed E-state index contributed by atoms with van der Waals surface area (Å²) in [6.45, 7) is -1.67. The van der Waals surface area contributed by atoms with Gasteiger partial charge >= 0.3 is 6.18 Å². The molecular formula is C13H10BrF3N2O4S. The molecule has 24 heavy (non-hydrogen) atoms. The zero-order chi connectivity index (χ0) is 18.0. The fourth-order valence-corrected chi connectivity index (χ4v) is 2.93. The van der Waals surface area contributed by atoms with Crippen LogP contribution in [0.1, 0.15) is 10.6 Å². The number of hydrogen-bond acceptors (Lipinski definition) is 4. The SMILES string of the molecule is O=C(Nc1ccc(S(=O)(=O)NCC(F)(F)F)cc1)c1ccc(Br)o1. The zero-order valence-corrected chi connectivity index (χ0v) is 14.1. The molecular weight excluding hydrogens is 417 g/mol. The first kappa shape index (κ1) is 18.5. The highest BCUT2D eigenvalue weighted by Gasteiger charge is 2.30. The lowest BCUT2D eigenvalue weighted by molar-refractivity contribution is -0.121. The molecule has 6 nitrogen and oxygen atoms in total. The van der Waals surface area contributed by atoms with Crippen molar-refractivity contribution in [2.75, 3.05) is 11.9 Å². The Kier molecular flexibility index (Phi) is 5.35. The molecule has 0 saturated heterocycles. The molecule has 0 bridgehead atoms. The number of halogens is 4. The first-order valence-corrected chi connectivity index (χ1v) is 8.58. The molecule has 0 aliphatic rings. The summed E-state index contributed by atoms with van der Waals surface area (Å²) < 4.78 is 66.6. The van der Waals surface area contributed by atoms with Gasteiger partial charge in [-0.05, 0) is 52.3 Å². The Morgan fingerprint density at radius 2 is 1.75 bits per heavy atom. The highest BCUT2D eigenvalue weighted by molar-refractivity contribution is 9.10. The van der Waals surface area contributed by atoms with Gasteiger partial charge < -0.3 is 9.73 Å². The van der Waals surface area contributed by atoms with Crippen LogP contribution in [-0.4, -0.2) is 27.0 Å². The highest BCUT2D eigenvalue weighted by Crippen LogP contribution is 2.19. The Bertz CT molecular complexity index is 832. The Hall–Kier alpha value is -1.85. The maximum atomic E-state index is 12.1. The van der Waals surface area contributed by atoms with Gasteiger partial charge in [0.05, 0.1) is 4.90 Å². The van der Waals surface area contributed by atoms with Gasteiger partial charge in [0, 0.05) is 5.69 Å². The molecule has 1 heterocycles. The first-order valence-electron chi connectivity index (χ1n) is 6.30. The van der Waals surface area contributed by atoms with E-state index in [0.29, 0.717) is 4.67 Å². The predicted molar refractivity (Wildman–Crippen MR) is 82.0 cm³/mol. The van der Waals surface area contributed by atoms with E-state index in [1.165, 1.54) is 29.0 Å². The van der Waals surface area contributed by atoms with Crippen molar-refractivity contribution in [2.45, 2.75) is 11.1 Å². The second kappa shape index (κ2) is 6.95. The average Bonchev–Trinajstić information content (AvgIpc) is 2.92. The van der Waals surface area contributed by atoms with E-state index in [1.54, 1.807) is 0 Å². The smallest absolute Gasteiger partial charge is 0.402 e. The zero-order valence-electron chi connectivity index (χ0n) is 11.7. The quantitative estimate of drug-likeness (QED) is 0.768. The number of rotatable bonds is 5.